The molecule has 6 heteroatoms. The van der Waals surface area contributed by atoms with Crippen LogP contribution in [0.15, 0.2) is 72.4 Å². The fraction of sp³-hybridized carbons (Fsp3) is 0.154. The van der Waals surface area contributed by atoms with E-state index in [-0.39, 0.29) is 24.1 Å². The predicted octanol–water partition coefficient (Wildman–Crippen LogP) is 5.36. The number of ether oxygens (including phenoxy) is 1. The van der Waals surface area contributed by atoms with Gasteiger partial charge in [0, 0.05) is 16.3 Å². The molecule has 0 fully saturated rings. The van der Waals surface area contributed by atoms with Crippen molar-refractivity contribution < 1.29 is 14.3 Å². The van der Waals surface area contributed by atoms with Crippen molar-refractivity contribution in [2.24, 2.45) is 0 Å². The fourth-order valence-electron chi connectivity index (χ4n) is 3.67. The van der Waals surface area contributed by atoms with Crippen LogP contribution in [0.3, 0.4) is 0 Å². The van der Waals surface area contributed by atoms with Crippen LogP contribution in [-0.4, -0.2) is 23.8 Å². The molecule has 5 nitrogen and oxygen atoms in total. The first-order valence-electron chi connectivity index (χ1n) is 10.2. The fourth-order valence-corrected chi connectivity index (χ4v) is 3.80. The molecule has 0 bridgehead atoms. The van der Waals surface area contributed by atoms with E-state index < -0.39 is 0 Å². The number of para-hydroxylation sites is 1. The van der Waals surface area contributed by atoms with Gasteiger partial charge in [0.15, 0.2) is 0 Å². The molecule has 1 N–H and O–H groups in total. The Morgan fingerprint density at radius 2 is 1.62 bits per heavy atom. The molecule has 3 aromatic rings. The first-order chi connectivity index (χ1) is 15.4. The molecule has 0 saturated heterocycles. The largest absolute Gasteiger partial charge is 0.496 e. The van der Waals surface area contributed by atoms with E-state index >= 15 is 0 Å². The molecule has 0 aromatic heterocycles. The Kier molecular flexibility index (Phi) is 6.01. The van der Waals surface area contributed by atoms with Crippen LogP contribution in [0.1, 0.15) is 22.3 Å². The van der Waals surface area contributed by atoms with Gasteiger partial charge in [-0.25, -0.2) is 0 Å². The van der Waals surface area contributed by atoms with Crippen LogP contribution in [0.4, 0.5) is 5.69 Å². The van der Waals surface area contributed by atoms with Gasteiger partial charge in [-0.1, -0.05) is 48.0 Å². The van der Waals surface area contributed by atoms with Crippen molar-refractivity contribution in [3.8, 4) is 5.75 Å². The minimum Gasteiger partial charge on any atom is -0.496 e. The highest BCUT2D eigenvalue weighted by Crippen LogP contribution is 2.36. The van der Waals surface area contributed by atoms with E-state index in [0.717, 1.165) is 22.4 Å². The number of amides is 2. The number of methoxy groups -OCH3 is 1. The van der Waals surface area contributed by atoms with Crippen LogP contribution in [0.5, 0.6) is 5.75 Å². The molecular formula is C26H23ClN2O3. The van der Waals surface area contributed by atoms with Crippen molar-refractivity contribution in [3.63, 3.8) is 0 Å². The smallest absolute Gasteiger partial charge is 0.278 e. The Morgan fingerprint density at radius 1 is 0.906 bits per heavy atom. The molecule has 4 rings (SSSR count). The first kappa shape index (κ1) is 21.7. The average molecular weight is 447 g/mol. The normalized spacial score (nSPS) is 13.7. The summed E-state index contributed by atoms with van der Waals surface area (Å²) in [5.41, 5.74) is 4.87. The third kappa shape index (κ3) is 4.12. The molecule has 0 aliphatic carbocycles. The molecule has 0 atom stereocenters. The van der Waals surface area contributed by atoms with E-state index in [1.165, 1.54) is 4.90 Å². The second kappa shape index (κ2) is 8.89. The number of carbonyl (C=O) groups excluding carboxylic acids is 2. The topological polar surface area (TPSA) is 58.6 Å². The maximum atomic E-state index is 13.5. The number of carbonyl (C=O) groups is 2. The maximum absolute atomic E-state index is 13.5. The molecule has 3 aromatic carbocycles. The van der Waals surface area contributed by atoms with Crippen molar-refractivity contribution in [1.82, 2.24) is 4.90 Å². The quantitative estimate of drug-likeness (QED) is 0.518. The summed E-state index contributed by atoms with van der Waals surface area (Å²) in [5.74, 6) is -0.235. The van der Waals surface area contributed by atoms with Gasteiger partial charge in [-0.15, -0.1) is 0 Å². The molecule has 32 heavy (non-hydrogen) atoms. The van der Waals surface area contributed by atoms with Crippen molar-refractivity contribution in [2.75, 3.05) is 12.4 Å². The van der Waals surface area contributed by atoms with Crippen LogP contribution in [0, 0.1) is 13.8 Å². The molecule has 1 aliphatic heterocycles. The summed E-state index contributed by atoms with van der Waals surface area (Å²) in [6.07, 6.45) is 0. The molecule has 0 spiro atoms. The lowest BCUT2D eigenvalue weighted by atomic mass is 10.0. The molecule has 2 amide bonds. The minimum atomic E-state index is -0.385. The van der Waals surface area contributed by atoms with Crippen molar-refractivity contribution in [2.45, 2.75) is 20.4 Å². The van der Waals surface area contributed by atoms with Gasteiger partial charge in [0.25, 0.3) is 11.8 Å². The highest BCUT2D eigenvalue weighted by atomic mass is 35.5. The number of rotatable bonds is 6. The van der Waals surface area contributed by atoms with Crippen molar-refractivity contribution in [3.05, 3.63) is 99.7 Å². The number of hydrogen-bond acceptors (Lipinski definition) is 4. The molecule has 0 unspecified atom stereocenters. The third-order valence-electron chi connectivity index (χ3n) is 5.57. The lowest BCUT2D eigenvalue weighted by Crippen LogP contribution is -2.32. The zero-order valence-electron chi connectivity index (χ0n) is 18.1. The third-order valence-corrected chi connectivity index (χ3v) is 5.83. The molecule has 0 saturated carbocycles. The molecular weight excluding hydrogens is 424 g/mol. The Morgan fingerprint density at radius 3 is 2.31 bits per heavy atom. The number of nitrogens with zero attached hydrogens (tertiary/aromatic N) is 1. The van der Waals surface area contributed by atoms with Crippen LogP contribution in [0.2, 0.25) is 5.02 Å². The van der Waals surface area contributed by atoms with Gasteiger partial charge < -0.3 is 10.1 Å². The number of hydrogen-bond donors (Lipinski definition) is 1. The van der Waals surface area contributed by atoms with Gasteiger partial charge >= 0.3 is 0 Å². The Balaban J connectivity index is 1.78. The van der Waals surface area contributed by atoms with Crippen molar-refractivity contribution in [1.29, 1.82) is 0 Å². The van der Waals surface area contributed by atoms with Gasteiger partial charge in [0.2, 0.25) is 0 Å². The first-order valence-corrected chi connectivity index (χ1v) is 10.6. The number of halogens is 1. The monoisotopic (exact) mass is 446 g/mol. The Bertz CT molecular complexity index is 1230. The average Bonchev–Trinajstić information content (AvgIpc) is 3.01. The maximum Gasteiger partial charge on any atom is 0.278 e. The number of nitrogens with one attached hydrogen (secondary N) is 1. The summed E-state index contributed by atoms with van der Waals surface area (Å²) >= 11 is 5.98. The van der Waals surface area contributed by atoms with E-state index in [0.29, 0.717) is 21.9 Å². The second-order valence-corrected chi connectivity index (χ2v) is 8.13. The standard InChI is InChI=1S/C26H23ClN2O3/c1-16-8-13-20(14-17(16)2)28-24-23(21-6-4-5-7-22(21)32-3)25(30)29(26(24)31)15-18-9-11-19(27)12-10-18/h4-14,28H,15H2,1-3H3. The van der Waals surface area contributed by atoms with Gasteiger partial charge in [-0.3, -0.25) is 14.5 Å². The summed E-state index contributed by atoms with van der Waals surface area (Å²) in [6, 6.07) is 20.1. The highest BCUT2D eigenvalue weighted by molar-refractivity contribution is 6.37. The van der Waals surface area contributed by atoms with Crippen molar-refractivity contribution >= 4 is 34.7 Å². The molecule has 1 aliphatic rings. The summed E-state index contributed by atoms with van der Waals surface area (Å²) < 4.78 is 5.48. The highest BCUT2D eigenvalue weighted by Gasteiger charge is 2.40. The van der Waals surface area contributed by atoms with Gasteiger partial charge in [-0.2, -0.15) is 0 Å². The summed E-state index contributed by atoms with van der Waals surface area (Å²) in [7, 11) is 1.54. The number of aryl methyl sites for hydroxylation is 2. The van der Waals surface area contributed by atoms with E-state index in [1.807, 2.05) is 44.2 Å². The summed E-state index contributed by atoms with van der Waals surface area (Å²) in [4.78, 5) is 28.2. The second-order valence-electron chi connectivity index (χ2n) is 7.70. The zero-order chi connectivity index (χ0) is 22.8. The lowest BCUT2D eigenvalue weighted by molar-refractivity contribution is -0.137. The van der Waals surface area contributed by atoms with Gasteiger partial charge in [0.05, 0.1) is 19.2 Å². The number of benzene rings is 3. The van der Waals surface area contributed by atoms with E-state index in [1.54, 1.807) is 43.5 Å². The van der Waals surface area contributed by atoms with E-state index in [2.05, 4.69) is 5.32 Å². The van der Waals surface area contributed by atoms with Gasteiger partial charge in [-0.05, 0) is 60.9 Å². The number of imide groups is 1. The minimum absolute atomic E-state index is 0.144. The molecule has 1 heterocycles. The lowest BCUT2D eigenvalue weighted by Gasteiger charge is -2.16. The summed E-state index contributed by atoms with van der Waals surface area (Å²) in [6.45, 7) is 4.17. The van der Waals surface area contributed by atoms with E-state index in [4.69, 9.17) is 16.3 Å². The molecule has 162 valence electrons. The zero-order valence-corrected chi connectivity index (χ0v) is 18.9. The SMILES string of the molecule is COc1ccccc1C1=C(Nc2ccc(C)c(C)c2)C(=O)N(Cc2ccc(Cl)cc2)C1=O. The Labute approximate surface area is 192 Å². The molecule has 0 radical (unpaired) electrons. The van der Waals surface area contributed by atoms with E-state index in [9.17, 15) is 9.59 Å². The van der Waals surface area contributed by atoms with Crippen LogP contribution >= 0.6 is 11.6 Å². The van der Waals surface area contributed by atoms with Gasteiger partial charge in [0.1, 0.15) is 11.4 Å². The summed E-state index contributed by atoms with van der Waals surface area (Å²) in [5, 5.41) is 3.80. The number of anilines is 1. The van der Waals surface area contributed by atoms with Crippen LogP contribution in [0.25, 0.3) is 5.57 Å². The van der Waals surface area contributed by atoms with Crippen LogP contribution < -0.4 is 10.1 Å². The predicted molar refractivity (Wildman–Crippen MR) is 126 cm³/mol. The Hall–Kier alpha value is -3.57. The van der Waals surface area contributed by atoms with Crippen LogP contribution in [-0.2, 0) is 16.1 Å².